The zero-order chi connectivity index (χ0) is 13.5. The highest BCUT2D eigenvalue weighted by Gasteiger charge is 2.26. The van der Waals surface area contributed by atoms with Gasteiger partial charge in [0.05, 0.1) is 6.54 Å². The Morgan fingerprint density at radius 3 is 2.15 bits per heavy atom. The summed E-state index contributed by atoms with van der Waals surface area (Å²) in [5, 5.41) is 2.43. The molecular formula is C16H13NO3. The molecule has 0 unspecified atom stereocenters. The van der Waals surface area contributed by atoms with Crippen LogP contribution in [0.25, 0.3) is 21.8 Å². The number of carbonyl (C=O) groups excluding carboxylic acids is 1. The molecule has 1 fully saturated rings. The molecule has 0 radical (unpaired) electrons. The number of benzene rings is 2. The van der Waals surface area contributed by atoms with Crippen molar-refractivity contribution in [2.45, 2.75) is 12.6 Å². The molecule has 4 rings (SSSR count). The summed E-state index contributed by atoms with van der Waals surface area (Å²) < 4.78 is 12.2. The minimum absolute atomic E-state index is 0.221. The zero-order valence-corrected chi connectivity index (χ0v) is 10.8. The number of rotatable bonds is 2. The highest BCUT2D eigenvalue weighted by Crippen LogP contribution is 2.29. The van der Waals surface area contributed by atoms with Crippen molar-refractivity contribution in [1.82, 2.24) is 4.57 Å². The average Bonchev–Trinajstić information content (AvgIpc) is 3.03. The Balaban J connectivity index is 1.89. The van der Waals surface area contributed by atoms with E-state index in [0.29, 0.717) is 13.2 Å². The average molecular weight is 267 g/mol. The van der Waals surface area contributed by atoms with E-state index < -0.39 is 6.16 Å². The van der Waals surface area contributed by atoms with E-state index in [-0.39, 0.29) is 6.10 Å². The molecule has 1 aromatic heterocycles. The van der Waals surface area contributed by atoms with E-state index in [1.807, 2.05) is 24.3 Å². The van der Waals surface area contributed by atoms with Gasteiger partial charge < -0.3 is 14.0 Å². The molecule has 3 aromatic rings. The maximum Gasteiger partial charge on any atom is 0.508 e. The van der Waals surface area contributed by atoms with Crippen LogP contribution in [0, 0.1) is 0 Å². The summed E-state index contributed by atoms with van der Waals surface area (Å²) in [4.78, 5) is 11.1. The van der Waals surface area contributed by atoms with E-state index in [1.165, 1.54) is 10.8 Å². The Bertz CT molecular complexity index is 752. The maximum absolute atomic E-state index is 11.1. The first-order valence-electron chi connectivity index (χ1n) is 6.62. The summed E-state index contributed by atoms with van der Waals surface area (Å²) in [5.74, 6) is 0. The second-order valence-corrected chi connectivity index (χ2v) is 4.95. The Labute approximate surface area is 115 Å². The van der Waals surface area contributed by atoms with E-state index in [9.17, 15) is 4.79 Å². The number of para-hydroxylation sites is 2. The number of aromatic nitrogens is 1. The van der Waals surface area contributed by atoms with Crippen molar-refractivity contribution in [3.05, 3.63) is 48.5 Å². The monoisotopic (exact) mass is 267 g/mol. The van der Waals surface area contributed by atoms with E-state index in [2.05, 4.69) is 28.8 Å². The summed E-state index contributed by atoms with van der Waals surface area (Å²) >= 11 is 0. The minimum atomic E-state index is -0.573. The molecule has 4 nitrogen and oxygen atoms in total. The molecule has 1 atom stereocenters. The minimum Gasteiger partial charge on any atom is -0.430 e. The van der Waals surface area contributed by atoms with Crippen molar-refractivity contribution in [2.24, 2.45) is 0 Å². The molecule has 0 aliphatic carbocycles. The summed E-state index contributed by atoms with van der Waals surface area (Å²) in [6.07, 6.45) is -0.794. The molecular weight excluding hydrogens is 254 g/mol. The molecule has 0 bridgehead atoms. The van der Waals surface area contributed by atoms with Crippen molar-refractivity contribution in [2.75, 3.05) is 6.61 Å². The molecule has 4 heteroatoms. The Kier molecular flexibility index (Phi) is 2.42. The van der Waals surface area contributed by atoms with Crippen LogP contribution in [0.3, 0.4) is 0 Å². The van der Waals surface area contributed by atoms with Crippen LogP contribution in [0.5, 0.6) is 0 Å². The third-order valence-electron chi connectivity index (χ3n) is 3.72. The Hall–Kier alpha value is -2.49. The molecule has 1 aliphatic rings. The van der Waals surface area contributed by atoms with Gasteiger partial charge in [-0.05, 0) is 12.1 Å². The van der Waals surface area contributed by atoms with Crippen LogP contribution in [0.4, 0.5) is 4.79 Å². The van der Waals surface area contributed by atoms with Crippen LogP contribution in [-0.4, -0.2) is 23.4 Å². The third kappa shape index (κ3) is 1.65. The summed E-state index contributed by atoms with van der Waals surface area (Å²) in [7, 11) is 0. The second kappa shape index (κ2) is 4.27. The second-order valence-electron chi connectivity index (χ2n) is 4.95. The lowest BCUT2D eigenvalue weighted by atomic mass is 10.2. The van der Waals surface area contributed by atoms with Gasteiger partial charge in [-0.25, -0.2) is 4.79 Å². The maximum atomic E-state index is 11.1. The SMILES string of the molecule is O=C1OC[C@@H](Cn2c3ccccc3c3ccccc32)O1. The van der Waals surface area contributed by atoms with Crippen molar-refractivity contribution >= 4 is 28.0 Å². The lowest BCUT2D eigenvalue weighted by Gasteiger charge is -2.10. The van der Waals surface area contributed by atoms with Crippen LogP contribution in [0.2, 0.25) is 0 Å². The fraction of sp³-hybridized carbons (Fsp3) is 0.188. The largest absolute Gasteiger partial charge is 0.508 e. The topological polar surface area (TPSA) is 40.5 Å². The van der Waals surface area contributed by atoms with Crippen LogP contribution >= 0.6 is 0 Å². The van der Waals surface area contributed by atoms with Gasteiger partial charge in [0.1, 0.15) is 6.61 Å². The molecule has 0 N–H and O–H groups in total. The fourth-order valence-electron chi connectivity index (χ4n) is 2.86. The fourth-order valence-corrected chi connectivity index (χ4v) is 2.86. The number of carbonyl (C=O) groups is 1. The normalized spacial score (nSPS) is 18.4. The molecule has 0 spiro atoms. The quantitative estimate of drug-likeness (QED) is 0.669. The van der Waals surface area contributed by atoms with Crippen molar-refractivity contribution in [1.29, 1.82) is 0 Å². The molecule has 2 heterocycles. The van der Waals surface area contributed by atoms with Crippen LogP contribution in [-0.2, 0) is 16.0 Å². The van der Waals surface area contributed by atoms with E-state index in [0.717, 1.165) is 11.0 Å². The highest BCUT2D eigenvalue weighted by molar-refractivity contribution is 6.07. The smallest absolute Gasteiger partial charge is 0.430 e. The van der Waals surface area contributed by atoms with E-state index >= 15 is 0 Å². The molecule has 2 aromatic carbocycles. The lowest BCUT2D eigenvalue weighted by Crippen LogP contribution is -2.18. The Morgan fingerprint density at radius 1 is 1.00 bits per heavy atom. The predicted molar refractivity (Wildman–Crippen MR) is 75.7 cm³/mol. The Morgan fingerprint density at radius 2 is 1.60 bits per heavy atom. The van der Waals surface area contributed by atoms with Crippen molar-refractivity contribution < 1.29 is 14.3 Å². The zero-order valence-electron chi connectivity index (χ0n) is 10.8. The van der Waals surface area contributed by atoms with Crippen LogP contribution in [0.1, 0.15) is 0 Å². The molecule has 20 heavy (non-hydrogen) atoms. The predicted octanol–water partition coefficient (Wildman–Crippen LogP) is 3.33. The van der Waals surface area contributed by atoms with Gasteiger partial charge in [-0.1, -0.05) is 36.4 Å². The van der Waals surface area contributed by atoms with Crippen molar-refractivity contribution in [3.8, 4) is 0 Å². The number of ether oxygens (including phenoxy) is 2. The molecule has 0 saturated carbocycles. The van der Waals surface area contributed by atoms with E-state index in [4.69, 9.17) is 9.47 Å². The van der Waals surface area contributed by atoms with Crippen LogP contribution in [0.15, 0.2) is 48.5 Å². The van der Waals surface area contributed by atoms with Crippen LogP contribution < -0.4 is 0 Å². The number of hydrogen-bond donors (Lipinski definition) is 0. The van der Waals surface area contributed by atoms with Gasteiger partial charge in [0.15, 0.2) is 6.10 Å². The number of nitrogens with zero attached hydrogens (tertiary/aromatic N) is 1. The standard InChI is InChI=1S/C16H13NO3/c18-16-19-10-11(20-16)9-17-14-7-3-1-5-12(14)13-6-2-4-8-15(13)17/h1-8,11H,9-10H2/t11-/m1/s1. The molecule has 0 amide bonds. The number of hydrogen-bond acceptors (Lipinski definition) is 3. The third-order valence-corrected chi connectivity index (χ3v) is 3.72. The number of cyclic esters (lactones) is 2. The molecule has 1 saturated heterocycles. The summed E-state index contributed by atoms with van der Waals surface area (Å²) in [5.41, 5.74) is 2.30. The van der Waals surface area contributed by atoms with Gasteiger partial charge in [0.2, 0.25) is 0 Å². The van der Waals surface area contributed by atoms with Gasteiger partial charge in [-0.2, -0.15) is 0 Å². The van der Waals surface area contributed by atoms with Gasteiger partial charge >= 0.3 is 6.16 Å². The van der Waals surface area contributed by atoms with E-state index in [1.54, 1.807) is 0 Å². The molecule has 1 aliphatic heterocycles. The lowest BCUT2D eigenvalue weighted by molar-refractivity contribution is 0.114. The van der Waals surface area contributed by atoms with Gasteiger partial charge in [-0.3, -0.25) is 0 Å². The molecule has 100 valence electrons. The summed E-state index contributed by atoms with van der Waals surface area (Å²) in [6, 6.07) is 16.5. The first-order valence-corrected chi connectivity index (χ1v) is 6.62. The van der Waals surface area contributed by atoms with Gasteiger partial charge in [0.25, 0.3) is 0 Å². The van der Waals surface area contributed by atoms with Crippen molar-refractivity contribution in [3.63, 3.8) is 0 Å². The first-order chi connectivity index (χ1) is 9.83. The van der Waals surface area contributed by atoms with Gasteiger partial charge in [0, 0.05) is 21.8 Å². The highest BCUT2D eigenvalue weighted by atomic mass is 16.8. The first kappa shape index (κ1) is 11.3. The summed E-state index contributed by atoms with van der Waals surface area (Å²) in [6.45, 7) is 0.930. The number of fused-ring (bicyclic) bond motifs is 3. The van der Waals surface area contributed by atoms with Gasteiger partial charge in [-0.15, -0.1) is 0 Å².